The number of aliphatic carboxylic acids is 1. The van der Waals surface area contributed by atoms with Crippen LogP contribution in [0.25, 0.3) is 0 Å². The van der Waals surface area contributed by atoms with Crippen molar-refractivity contribution in [1.29, 1.82) is 0 Å². The molecule has 0 atom stereocenters. The monoisotopic (exact) mass is 276 g/mol. The van der Waals surface area contributed by atoms with Crippen molar-refractivity contribution >= 4 is 29.2 Å². The summed E-state index contributed by atoms with van der Waals surface area (Å²) >= 11 is 11.7. The van der Waals surface area contributed by atoms with Crippen LogP contribution in [0.5, 0.6) is 0 Å². The second-order valence-corrected chi connectivity index (χ2v) is 5.16. The van der Waals surface area contributed by atoms with E-state index in [9.17, 15) is 14.3 Å². The third-order valence-electron chi connectivity index (χ3n) is 3.38. The summed E-state index contributed by atoms with van der Waals surface area (Å²) in [5, 5.41) is 9.45. The third kappa shape index (κ3) is 2.02. The first kappa shape index (κ1) is 12.7. The molecule has 0 aromatic heterocycles. The van der Waals surface area contributed by atoms with Crippen molar-refractivity contribution in [2.24, 2.45) is 0 Å². The Labute approximate surface area is 108 Å². The molecule has 1 aliphatic carbocycles. The van der Waals surface area contributed by atoms with Crippen LogP contribution in [0, 0.1) is 5.82 Å². The standard InChI is InChI=1S/C12H11Cl2FO2/c13-7-5-8(10(14)9(15)6-7)12(11(16)17)3-1-2-4-12/h5-6H,1-4H2,(H,16,17). The first-order valence-corrected chi connectivity index (χ1v) is 6.11. The van der Waals surface area contributed by atoms with Crippen molar-refractivity contribution in [3.8, 4) is 0 Å². The highest BCUT2D eigenvalue weighted by Crippen LogP contribution is 2.45. The van der Waals surface area contributed by atoms with Gasteiger partial charge in [-0.1, -0.05) is 36.0 Å². The molecule has 0 radical (unpaired) electrons. The molecule has 2 rings (SSSR count). The van der Waals surface area contributed by atoms with E-state index in [1.54, 1.807) is 0 Å². The van der Waals surface area contributed by atoms with Crippen molar-refractivity contribution in [3.63, 3.8) is 0 Å². The number of carbonyl (C=O) groups is 1. The van der Waals surface area contributed by atoms with Crippen LogP contribution in [0.1, 0.15) is 31.2 Å². The van der Waals surface area contributed by atoms with Gasteiger partial charge in [0.15, 0.2) is 0 Å². The molecule has 1 aromatic carbocycles. The van der Waals surface area contributed by atoms with Gasteiger partial charge >= 0.3 is 5.97 Å². The molecule has 1 saturated carbocycles. The average molecular weight is 277 g/mol. The van der Waals surface area contributed by atoms with E-state index in [4.69, 9.17) is 23.2 Å². The fourth-order valence-electron chi connectivity index (χ4n) is 2.48. The van der Waals surface area contributed by atoms with Crippen molar-refractivity contribution in [1.82, 2.24) is 0 Å². The van der Waals surface area contributed by atoms with Gasteiger partial charge in [0.05, 0.1) is 10.4 Å². The molecule has 0 heterocycles. The van der Waals surface area contributed by atoms with Crippen molar-refractivity contribution < 1.29 is 14.3 Å². The Balaban J connectivity index is 2.62. The summed E-state index contributed by atoms with van der Waals surface area (Å²) in [5.74, 6) is -1.62. The minimum atomic E-state index is -1.08. The van der Waals surface area contributed by atoms with E-state index in [1.165, 1.54) is 6.07 Å². The molecule has 1 N–H and O–H groups in total. The SMILES string of the molecule is O=C(O)C1(c2cc(Cl)cc(F)c2Cl)CCCC1. The van der Waals surface area contributed by atoms with Crippen LogP contribution in [-0.2, 0) is 10.2 Å². The molecule has 1 aliphatic rings. The summed E-state index contributed by atoms with van der Waals surface area (Å²) in [7, 11) is 0. The highest BCUT2D eigenvalue weighted by atomic mass is 35.5. The van der Waals surface area contributed by atoms with Crippen molar-refractivity contribution in [2.45, 2.75) is 31.1 Å². The van der Waals surface area contributed by atoms with Crippen LogP contribution in [0.3, 0.4) is 0 Å². The van der Waals surface area contributed by atoms with Gasteiger partial charge in [-0.25, -0.2) is 4.39 Å². The summed E-state index contributed by atoms with van der Waals surface area (Å²) in [6.07, 6.45) is 2.55. The van der Waals surface area contributed by atoms with E-state index in [2.05, 4.69) is 0 Å². The van der Waals surface area contributed by atoms with Gasteiger partial charge in [0.25, 0.3) is 0 Å². The molecule has 2 nitrogen and oxygen atoms in total. The predicted molar refractivity (Wildman–Crippen MR) is 64.2 cm³/mol. The fraction of sp³-hybridized carbons (Fsp3) is 0.417. The molecule has 0 unspecified atom stereocenters. The number of halogens is 3. The molecule has 1 fully saturated rings. The zero-order chi connectivity index (χ0) is 12.6. The van der Waals surface area contributed by atoms with Crippen LogP contribution < -0.4 is 0 Å². The molecule has 0 bridgehead atoms. The van der Waals surface area contributed by atoms with Crippen molar-refractivity contribution in [3.05, 3.63) is 33.6 Å². The van der Waals surface area contributed by atoms with Crippen LogP contribution in [-0.4, -0.2) is 11.1 Å². The van der Waals surface area contributed by atoms with E-state index in [0.29, 0.717) is 18.4 Å². The quantitative estimate of drug-likeness (QED) is 0.829. The van der Waals surface area contributed by atoms with Gasteiger partial charge in [-0.15, -0.1) is 0 Å². The zero-order valence-corrected chi connectivity index (χ0v) is 10.5. The smallest absolute Gasteiger partial charge is 0.314 e. The maximum atomic E-state index is 13.5. The molecule has 0 aliphatic heterocycles. The molecule has 1 aromatic rings. The van der Waals surface area contributed by atoms with Gasteiger partial charge < -0.3 is 5.11 Å². The van der Waals surface area contributed by atoms with E-state index < -0.39 is 17.2 Å². The van der Waals surface area contributed by atoms with Crippen LogP contribution in [0.2, 0.25) is 10.0 Å². The molecule has 5 heteroatoms. The summed E-state index contributed by atoms with van der Waals surface area (Å²) in [4.78, 5) is 11.5. The van der Waals surface area contributed by atoms with Gasteiger partial charge in [0, 0.05) is 5.02 Å². The fourth-order valence-corrected chi connectivity index (χ4v) is 2.98. The maximum Gasteiger partial charge on any atom is 0.314 e. The van der Waals surface area contributed by atoms with E-state index >= 15 is 0 Å². The summed E-state index contributed by atoms with van der Waals surface area (Å²) in [5.41, 5.74) is -0.780. The second-order valence-electron chi connectivity index (χ2n) is 4.34. The van der Waals surface area contributed by atoms with E-state index in [-0.39, 0.29) is 10.0 Å². The minimum Gasteiger partial charge on any atom is -0.481 e. The maximum absolute atomic E-state index is 13.5. The average Bonchev–Trinajstić information content (AvgIpc) is 2.73. The molecule has 0 amide bonds. The molecule has 17 heavy (non-hydrogen) atoms. The van der Waals surface area contributed by atoms with Crippen LogP contribution >= 0.6 is 23.2 Å². The Hall–Kier alpha value is -0.800. The molecule has 0 spiro atoms. The first-order valence-electron chi connectivity index (χ1n) is 5.36. The number of carboxylic acids is 1. The van der Waals surface area contributed by atoms with Crippen LogP contribution in [0.4, 0.5) is 4.39 Å². The largest absolute Gasteiger partial charge is 0.481 e. The first-order chi connectivity index (χ1) is 7.97. The third-order valence-corrected chi connectivity index (χ3v) is 3.98. The van der Waals surface area contributed by atoms with Crippen molar-refractivity contribution in [2.75, 3.05) is 0 Å². The summed E-state index contributed by atoms with van der Waals surface area (Å²) in [6, 6.07) is 2.56. The topological polar surface area (TPSA) is 37.3 Å². The number of hydrogen-bond acceptors (Lipinski definition) is 1. The Morgan fingerprint density at radius 1 is 1.29 bits per heavy atom. The van der Waals surface area contributed by atoms with Gasteiger partial charge in [-0.05, 0) is 30.5 Å². The Bertz CT molecular complexity index is 468. The Morgan fingerprint density at radius 3 is 2.41 bits per heavy atom. The number of carboxylic acid groups (broad SMARTS) is 1. The molecule has 92 valence electrons. The number of benzene rings is 1. The molecular weight excluding hydrogens is 266 g/mol. The van der Waals surface area contributed by atoms with Gasteiger partial charge in [0.2, 0.25) is 0 Å². The lowest BCUT2D eigenvalue weighted by Gasteiger charge is -2.25. The van der Waals surface area contributed by atoms with Gasteiger partial charge in [-0.2, -0.15) is 0 Å². The van der Waals surface area contributed by atoms with Gasteiger partial charge in [0.1, 0.15) is 5.82 Å². The Morgan fingerprint density at radius 2 is 1.88 bits per heavy atom. The lowest BCUT2D eigenvalue weighted by atomic mass is 9.79. The summed E-state index contributed by atoms with van der Waals surface area (Å²) in [6.45, 7) is 0. The number of rotatable bonds is 2. The zero-order valence-electron chi connectivity index (χ0n) is 8.97. The predicted octanol–water partition coefficient (Wildman–Crippen LogP) is 4.03. The van der Waals surface area contributed by atoms with E-state index in [1.807, 2.05) is 0 Å². The summed E-state index contributed by atoms with van der Waals surface area (Å²) < 4.78 is 13.5. The highest BCUT2D eigenvalue weighted by Gasteiger charge is 2.44. The highest BCUT2D eigenvalue weighted by molar-refractivity contribution is 6.34. The second kappa shape index (κ2) is 4.46. The lowest BCUT2D eigenvalue weighted by molar-refractivity contribution is -0.143. The Kier molecular flexibility index (Phi) is 3.32. The van der Waals surface area contributed by atoms with E-state index in [0.717, 1.165) is 18.9 Å². The lowest BCUT2D eigenvalue weighted by Crippen LogP contribution is -2.33. The number of hydrogen-bond donors (Lipinski definition) is 1. The van der Waals surface area contributed by atoms with Gasteiger partial charge in [-0.3, -0.25) is 4.79 Å². The normalized spacial score (nSPS) is 18.3. The molecular formula is C12H11Cl2FO2. The minimum absolute atomic E-state index is 0.126. The van der Waals surface area contributed by atoms with Crippen LogP contribution in [0.15, 0.2) is 12.1 Å². The molecule has 0 saturated heterocycles.